The topological polar surface area (TPSA) is 0 Å². The number of rotatable bonds is 2. The first-order chi connectivity index (χ1) is 12.3. The predicted octanol–water partition coefficient (Wildman–Crippen LogP) is 6.60. The summed E-state index contributed by atoms with van der Waals surface area (Å²) in [6.07, 6.45) is 3.48. The van der Waals surface area contributed by atoms with Crippen molar-refractivity contribution in [3.63, 3.8) is 0 Å². The molecular formula is C25H20. The van der Waals surface area contributed by atoms with E-state index in [1.54, 1.807) is 0 Å². The van der Waals surface area contributed by atoms with E-state index in [9.17, 15) is 0 Å². The van der Waals surface area contributed by atoms with Crippen LogP contribution in [-0.4, -0.2) is 0 Å². The Balaban J connectivity index is 1.66. The maximum Gasteiger partial charge on any atom is 0.0351 e. The van der Waals surface area contributed by atoms with Crippen LogP contribution in [0.5, 0.6) is 0 Å². The summed E-state index contributed by atoms with van der Waals surface area (Å²) >= 11 is 0. The van der Waals surface area contributed by atoms with Crippen LogP contribution in [-0.2, 0) is 0 Å². The molecule has 2 aliphatic carbocycles. The van der Waals surface area contributed by atoms with Crippen LogP contribution < -0.4 is 0 Å². The Morgan fingerprint density at radius 1 is 0.680 bits per heavy atom. The van der Waals surface area contributed by atoms with Gasteiger partial charge >= 0.3 is 0 Å². The van der Waals surface area contributed by atoms with E-state index in [1.807, 2.05) is 0 Å². The molecule has 3 aromatic carbocycles. The van der Waals surface area contributed by atoms with Crippen LogP contribution in [0.15, 0.2) is 96.1 Å². The van der Waals surface area contributed by atoms with Crippen LogP contribution in [0.3, 0.4) is 0 Å². The fourth-order valence-electron chi connectivity index (χ4n) is 4.49. The maximum absolute atomic E-state index is 2.45. The molecule has 0 N–H and O–H groups in total. The van der Waals surface area contributed by atoms with Crippen molar-refractivity contribution in [3.8, 4) is 11.1 Å². The van der Waals surface area contributed by atoms with Crippen LogP contribution in [0, 0.1) is 0 Å². The second-order valence-corrected chi connectivity index (χ2v) is 6.94. The first-order valence-electron chi connectivity index (χ1n) is 8.98. The Kier molecular flexibility index (Phi) is 3.24. The highest BCUT2D eigenvalue weighted by atomic mass is 14.4. The van der Waals surface area contributed by atoms with Gasteiger partial charge in [0.2, 0.25) is 0 Å². The van der Waals surface area contributed by atoms with Gasteiger partial charge in [-0.25, -0.2) is 0 Å². The lowest BCUT2D eigenvalue weighted by atomic mass is 9.86. The minimum Gasteiger partial charge on any atom is -0.0756 e. The minimum absolute atomic E-state index is 0.369. The largest absolute Gasteiger partial charge is 0.0756 e. The minimum atomic E-state index is 0.369. The van der Waals surface area contributed by atoms with Crippen LogP contribution in [0.4, 0.5) is 0 Å². The van der Waals surface area contributed by atoms with Crippen molar-refractivity contribution >= 4 is 5.57 Å². The van der Waals surface area contributed by atoms with E-state index < -0.39 is 0 Å². The molecule has 0 spiro atoms. The Bertz CT molecular complexity index is 973. The summed E-state index contributed by atoms with van der Waals surface area (Å²) in [7, 11) is 0. The van der Waals surface area contributed by atoms with E-state index in [2.05, 4.69) is 91.9 Å². The summed E-state index contributed by atoms with van der Waals surface area (Å²) in [5.74, 6) is 0.369. The van der Waals surface area contributed by atoms with Gasteiger partial charge in [0.15, 0.2) is 0 Å². The second-order valence-electron chi connectivity index (χ2n) is 6.94. The molecule has 0 saturated carbocycles. The van der Waals surface area contributed by atoms with Crippen molar-refractivity contribution < 1.29 is 0 Å². The van der Waals surface area contributed by atoms with Gasteiger partial charge in [0.05, 0.1) is 0 Å². The molecule has 0 radical (unpaired) electrons. The smallest absolute Gasteiger partial charge is 0.0351 e. The lowest BCUT2D eigenvalue weighted by Gasteiger charge is -2.17. The quantitative estimate of drug-likeness (QED) is 0.499. The molecule has 0 saturated heterocycles. The number of hydrogen-bond donors (Lipinski definition) is 0. The number of hydrogen-bond acceptors (Lipinski definition) is 0. The molecule has 0 heterocycles. The normalized spacial score (nSPS) is 16.0. The van der Waals surface area contributed by atoms with Gasteiger partial charge in [-0.05, 0) is 57.9 Å². The van der Waals surface area contributed by atoms with E-state index in [0.717, 1.165) is 6.42 Å². The molecule has 0 fully saturated rings. The Hall–Kier alpha value is -2.86. The third-order valence-electron chi connectivity index (χ3n) is 5.68. The standard InChI is InChI=1S/C25H20/c1-17-19(18-9-3-2-4-10-18)15-16-20(17)25-23-13-7-5-11-21(23)22-12-6-8-14-24(22)25/h2-14,16,25H,15H2,1H3. The SMILES string of the molecule is CC1=C(c2ccccc2)CC=C1C1c2ccccc2-c2ccccc21. The van der Waals surface area contributed by atoms with Crippen LogP contribution in [0.25, 0.3) is 16.7 Å². The van der Waals surface area contributed by atoms with E-state index in [1.165, 1.54) is 44.5 Å². The average Bonchev–Trinajstić information content (AvgIpc) is 3.20. The Morgan fingerprint density at radius 3 is 1.88 bits per heavy atom. The van der Waals surface area contributed by atoms with E-state index in [0.29, 0.717) is 5.92 Å². The highest BCUT2D eigenvalue weighted by Crippen LogP contribution is 2.52. The van der Waals surface area contributed by atoms with Crippen molar-refractivity contribution in [1.82, 2.24) is 0 Å². The Labute approximate surface area is 149 Å². The van der Waals surface area contributed by atoms with Gasteiger partial charge in [0.1, 0.15) is 0 Å². The molecule has 0 amide bonds. The third kappa shape index (κ3) is 2.14. The predicted molar refractivity (Wildman–Crippen MR) is 105 cm³/mol. The van der Waals surface area contributed by atoms with Crippen molar-refractivity contribution in [2.24, 2.45) is 0 Å². The summed E-state index contributed by atoms with van der Waals surface area (Å²) in [5.41, 5.74) is 11.4. The van der Waals surface area contributed by atoms with E-state index in [4.69, 9.17) is 0 Å². The van der Waals surface area contributed by atoms with Crippen LogP contribution in [0.2, 0.25) is 0 Å². The molecule has 0 bridgehead atoms. The van der Waals surface area contributed by atoms with Gasteiger partial charge in [0, 0.05) is 5.92 Å². The van der Waals surface area contributed by atoms with Gasteiger partial charge in [-0.3, -0.25) is 0 Å². The summed E-state index contributed by atoms with van der Waals surface area (Å²) in [6, 6.07) is 28.6. The molecule has 0 atom stereocenters. The maximum atomic E-state index is 2.45. The number of fused-ring (bicyclic) bond motifs is 3. The van der Waals surface area contributed by atoms with E-state index in [-0.39, 0.29) is 0 Å². The van der Waals surface area contributed by atoms with Crippen molar-refractivity contribution in [2.75, 3.05) is 0 Å². The zero-order chi connectivity index (χ0) is 16.8. The fourth-order valence-corrected chi connectivity index (χ4v) is 4.49. The van der Waals surface area contributed by atoms with Crippen LogP contribution >= 0.6 is 0 Å². The lowest BCUT2D eigenvalue weighted by Crippen LogP contribution is -2.01. The van der Waals surface area contributed by atoms with Gasteiger partial charge in [0.25, 0.3) is 0 Å². The number of allylic oxidation sites excluding steroid dienone is 4. The molecule has 120 valence electrons. The van der Waals surface area contributed by atoms with Crippen LogP contribution in [0.1, 0.15) is 36.0 Å². The van der Waals surface area contributed by atoms with Gasteiger partial charge in [-0.2, -0.15) is 0 Å². The van der Waals surface area contributed by atoms with Gasteiger partial charge in [-0.15, -0.1) is 0 Å². The zero-order valence-corrected chi connectivity index (χ0v) is 14.4. The van der Waals surface area contributed by atoms with Crippen molar-refractivity contribution in [2.45, 2.75) is 19.3 Å². The lowest BCUT2D eigenvalue weighted by molar-refractivity contribution is 0.993. The zero-order valence-electron chi connectivity index (χ0n) is 14.4. The van der Waals surface area contributed by atoms with Gasteiger partial charge in [-0.1, -0.05) is 84.9 Å². The summed E-state index contributed by atoms with van der Waals surface area (Å²) in [4.78, 5) is 0. The monoisotopic (exact) mass is 320 g/mol. The molecule has 5 rings (SSSR count). The summed E-state index contributed by atoms with van der Waals surface area (Å²) in [5, 5.41) is 0. The average molecular weight is 320 g/mol. The molecule has 3 aromatic rings. The molecular weight excluding hydrogens is 300 g/mol. The molecule has 0 aromatic heterocycles. The second kappa shape index (κ2) is 5.60. The molecule has 25 heavy (non-hydrogen) atoms. The third-order valence-corrected chi connectivity index (χ3v) is 5.68. The summed E-state index contributed by atoms with van der Waals surface area (Å²) in [6.45, 7) is 2.30. The fraction of sp³-hybridized carbons (Fsp3) is 0.120. The highest BCUT2D eigenvalue weighted by molar-refractivity contribution is 5.84. The summed E-state index contributed by atoms with van der Waals surface area (Å²) < 4.78 is 0. The first-order valence-corrected chi connectivity index (χ1v) is 8.98. The van der Waals surface area contributed by atoms with Crippen molar-refractivity contribution in [1.29, 1.82) is 0 Å². The first kappa shape index (κ1) is 14.5. The molecule has 0 aliphatic heterocycles. The Morgan fingerprint density at radius 2 is 1.24 bits per heavy atom. The van der Waals surface area contributed by atoms with Gasteiger partial charge < -0.3 is 0 Å². The van der Waals surface area contributed by atoms with E-state index >= 15 is 0 Å². The molecule has 0 unspecified atom stereocenters. The molecule has 0 heteroatoms. The highest BCUT2D eigenvalue weighted by Gasteiger charge is 2.33. The molecule has 0 nitrogen and oxygen atoms in total. The van der Waals surface area contributed by atoms with Crippen molar-refractivity contribution in [3.05, 3.63) is 113 Å². The molecule has 2 aliphatic rings. The number of benzene rings is 3.